The summed E-state index contributed by atoms with van der Waals surface area (Å²) in [4.78, 5) is 25.8. The summed E-state index contributed by atoms with van der Waals surface area (Å²) in [6.07, 6.45) is 0.573. The summed E-state index contributed by atoms with van der Waals surface area (Å²) in [6.45, 7) is -0.159. The molecular formula is C25H21N3O4. The van der Waals surface area contributed by atoms with Gasteiger partial charge >= 0.3 is 5.76 Å². The van der Waals surface area contributed by atoms with Crippen LogP contribution in [-0.4, -0.2) is 28.3 Å². The number of hydrazone groups is 1. The second kappa shape index (κ2) is 8.19. The lowest BCUT2D eigenvalue weighted by atomic mass is 9.98. The van der Waals surface area contributed by atoms with Gasteiger partial charge in [0.05, 0.1) is 24.4 Å². The molecule has 7 nitrogen and oxygen atoms in total. The van der Waals surface area contributed by atoms with Crippen LogP contribution in [0.1, 0.15) is 23.6 Å². The quantitative estimate of drug-likeness (QED) is 0.483. The minimum absolute atomic E-state index is 0.159. The van der Waals surface area contributed by atoms with Gasteiger partial charge in [-0.2, -0.15) is 5.10 Å². The van der Waals surface area contributed by atoms with Crippen molar-refractivity contribution in [3.8, 4) is 5.75 Å². The monoisotopic (exact) mass is 427 g/mol. The summed E-state index contributed by atoms with van der Waals surface area (Å²) < 4.78 is 11.9. The summed E-state index contributed by atoms with van der Waals surface area (Å²) in [6, 6.07) is 24.2. The van der Waals surface area contributed by atoms with E-state index in [9.17, 15) is 9.59 Å². The molecule has 0 radical (unpaired) electrons. The summed E-state index contributed by atoms with van der Waals surface area (Å²) in [5.41, 5.74) is 3.76. The van der Waals surface area contributed by atoms with Crippen molar-refractivity contribution in [1.29, 1.82) is 0 Å². The topological polar surface area (TPSA) is 77.0 Å². The van der Waals surface area contributed by atoms with Crippen molar-refractivity contribution in [2.75, 3.05) is 7.11 Å². The molecule has 1 atom stereocenters. The van der Waals surface area contributed by atoms with E-state index in [0.717, 1.165) is 22.6 Å². The zero-order valence-electron chi connectivity index (χ0n) is 17.5. The number of rotatable bonds is 5. The standard InChI is InChI=1S/C25H21N3O4/c1-31-19-13-11-18(12-14-19)22-15-20(17-7-3-2-4-8-17)26-28(22)24(29)16-27-21-9-5-6-10-23(21)32-25(27)30/h2-14,22H,15-16H2,1H3/t22-/m0/s1. The molecule has 7 heteroatoms. The highest BCUT2D eigenvalue weighted by Gasteiger charge is 2.33. The lowest BCUT2D eigenvalue weighted by molar-refractivity contribution is -0.133. The van der Waals surface area contributed by atoms with Crippen LogP contribution in [0.5, 0.6) is 5.75 Å². The van der Waals surface area contributed by atoms with E-state index in [4.69, 9.17) is 9.15 Å². The van der Waals surface area contributed by atoms with E-state index in [1.165, 1.54) is 9.58 Å². The van der Waals surface area contributed by atoms with Crippen molar-refractivity contribution in [2.24, 2.45) is 5.10 Å². The summed E-state index contributed by atoms with van der Waals surface area (Å²) in [5.74, 6) is -0.109. The van der Waals surface area contributed by atoms with Crippen LogP contribution in [0.15, 0.2) is 93.2 Å². The molecule has 1 aliphatic heterocycles. The maximum atomic E-state index is 13.4. The number of aromatic nitrogens is 1. The number of carbonyl (C=O) groups excluding carboxylic acids is 1. The van der Waals surface area contributed by atoms with E-state index < -0.39 is 5.76 Å². The van der Waals surface area contributed by atoms with Gasteiger partial charge in [-0.15, -0.1) is 0 Å². The zero-order valence-corrected chi connectivity index (χ0v) is 17.5. The lowest BCUT2D eigenvalue weighted by Crippen LogP contribution is -2.32. The first-order valence-electron chi connectivity index (χ1n) is 10.3. The first-order valence-corrected chi connectivity index (χ1v) is 10.3. The molecule has 2 heterocycles. The molecule has 0 saturated heterocycles. The maximum absolute atomic E-state index is 13.4. The third-order valence-electron chi connectivity index (χ3n) is 5.64. The van der Waals surface area contributed by atoms with E-state index in [-0.39, 0.29) is 18.5 Å². The average molecular weight is 427 g/mol. The summed E-state index contributed by atoms with van der Waals surface area (Å²) in [7, 11) is 1.62. The first kappa shape index (κ1) is 19.8. The van der Waals surface area contributed by atoms with E-state index in [1.54, 1.807) is 31.4 Å². The van der Waals surface area contributed by atoms with Crippen LogP contribution in [0.2, 0.25) is 0 Å². The Morgan fingerprint density at radius 3 is 2.50 bits per heavy atom. The van der Waals surface area contributed by atoms with Crippen molar-refractivity contribution >= 4 is 22.7 Å². The van der Waals surface area contributed by atoms with E-state index in [2.05, 4.69) is 5.10 Å². The fourth-order valence-electron chi connectivity index (χ4n) is 4.00. The number of para-hydroxylation sites is 2. The van der Waals surface area contributed by atoms with Crippen molar-refractivity contribution < 1.29 is 13.9 Å². The lowest BCUT2D eigenvalue weighted by Gasteiger charge is -2.22. The van der Waals surface area contributed by atoms with Crippen LogP contribution in [-0.2, 0) is 11.3 Å². The number of methoxy groups -OCH3 is 1. The largest absolute Gasteiger partial charge is 0.497 e. The number of hydrogen-bond acceptors (Lipinski definition) is 5. The van der Waals surface area contributed by atoms with Gasteiger partial charge in [0.1, 0.15) is 12.3 Å². The van der Waals surface area contributed by atoms with Crippen molar-refractivity contribution in [1.82, 2.24) is 9.58 Å². The molecule has 0 unspecified atom stereocenters. The van der Waals surface area contributed by atoms with Crippen molar-refractivity contribution in [2.45, 2.75) is 19.0 Å². The highest BCUT2D eigenvalue weighted by atomic mass is 16.5. The predicted molar refractivity (Wildman–Crippen MR) is 121 cm³/mol. The number of ether oxygens (including phenoxy) is 1. The Morgan fingerprint density at radius 1 is 1.03 bits per heavy atom. The second-order valence-corrected chi connectivity index (χ2v) is 7.57. The van der Waals surface area contributed by atoms with Gasteiger partial charge in [-0.1, -0.05) is 54.6 Å². The molecular weight excluding hydrogens is 406 g/mol. The van der Waals surface area contributed by atoms with Crippen LogP contribution < -0.4 is 10.5 Å². The Kier molecular flexibility index (Phi) is 5.07. The van der Waals surface area contributed by atoms with Crippen molar-refractivity contribution in [3.63, 3.8) is 0 Å². The van der Waals surface area contributed by atoms with Gasteiger partial charge in [0.2, 0.25) is 0 Å². The maximum Gasteiger partial charge on any atom is 0.420 e. The van der Waals surface area contributed by atoms with Crippen LogP contribution in [0.4, 0.5) is 0 Å². The number of fused-ring (bicyclic) bond motifs is 1. The summed E-state index contributed by atoms with van der Waals surface area (Å²) >= 11 is 0. The second-order valence-electron chi connectivity index (χ2n) is 7.57. The fourth-order valence-corrected chi connectivity index (χ4v) is 4.00. The molecule has 4 aromatic rings. The molecule has 0 aliphatic carbocycles. The highest BCUT2D eigenvalue weighted by Crippen LogP contribution is 2.34. The highest BCUT2D eigenvalue weighted by molar-refractivity contribution is 6.03. The molecule has 1 amide bonds. The number of hydrogen-bond donors (Lipinski definition) is 0. The predicted octanol–water partition coefficient (Wildman–Crippen LogP) is 3.98. The smallest absolute Gasteiger partial charge is 0.420 e. The molecule has 0 N–H and O–H groups in total. The minimum Gasteiger partial charge on any atom is -0.497 e. The van der Waals surface area contributed by atoms with E-state index in [0.29, 0.717) is 17.5 Å². The molecule has 0 saturated carbocycles. The van der Waals surface area contributed by atoms with Crippen LogP contribution in [0.25, 0.3) is 11.1 Å². The third-order valence-corrected chi connectivity index (χ3v) is 5.64. The Morgan fingerprint density at radius 2 is 1.75 bits per heavy atom. The van der Waals surface area contributed by atoms with Crippen LogP contribution in [0, 0.1) is 0 Å². The molecule has 0 fully saturated rings. The third kappa shape index (κ3) is 3.58. The van der Waals surface area contributed by atoms with Gasteiger partial charge in [0, 0.05) is 6.42 Å². The molecule has 3 aromatic carbocycles. The summed E-state index contributed by atoms with van der Waals surface area (Å²) in [5, 5.41) is 6.16. The molecule has 0 spiro atoms. The van der Waals surface area contributed by atoms with Crippen LogP contribution in [0.3, 0.4) is 0 Å². The zero-order chi connectivity index (χ0) is 22.1. The van der Waals surface area contributed by atoms with Gasteiger partial charge < -0.3 is 9.15 Å². The number of benzene rings is 3. The minimum atomic E-state index is -0.563. The fraction of sp³-hybridized carbons (Fsp3) is 0.160. The Labute approximate surface area is 184 Å². The van der Waals surface area contributed by atoms with E-state index >= 15 is 0 Å². The van der Waals surface area contributed by atoms with Crippen molar-refractivity contribution in [3.05, 3.63) is 101 Å². The van der Waals surface area contributed by atoms with Gasteiger partial charge in [-0.05, 0) is 35.4 Å². The van der Waals surface area contributed by atoms with Crippen LogP contribution >= 0.6 is 0 Å². The average Bonchev–Trinajstić information content (AvgIpc) is 3.42. The van der Waals surface area contributed by atoms with Gasteiger partial charge in [-0.3, -0.25) is 9.36 Å². The SMILES string of the molecule is COc1ccc([C@@H]2CC(c3ccccc3)=NN2C(=O)Cn2c(=O)oc3ccccc32)cc1. The molecule has 32 heavy (non-hydrogen) atoms. The van der Waals surface area contributed by atoms with Gasteiger partial charge in [0.25, 0.3) is 5.91 Å². The number of oxazole rings is 1. The molecule has 160 valence electrons. The van der Waals surface area contributed by atoms with E-state index in [1.807, 2.05) is 54.6 Å². The first-order chi connectivity index (χ1) is 15.6. The Bertz CT molecular complexity index is 1350. The normalized spacial score (nSPS) is 15.7. The molecule has 1 aliphatic rings. The molecule has 0 bridgehead atoms. The number of nitrogens with zero attached hydrogens (tertiary/aromatic N) is 3. The Hall–Kier alpha value is -4.13. The number of carbonyl (C=O) groups is 1. The van der Waals surface area contributed by atoms with Gasteiger partial charge in [-0.25, -0.2) is 9.80 Å². The number of amides is 1. The Balaban J connectivity index is 1.50. The molecule has 1 aromatic heterocycles. The molecule has 5 rings (SSSR count). The van der Waals surface area contributed by atoms with Gasteiger partial charge in [0.15, 0.2) is 5.58 Å².